The van der Waals surface area contributed by atoms with E-state index in [0.29, 0.717) is 0 Å². The second-order valence-corrected chi connectivity index (χ2v) is 4.28. The second-order valence-electron chi connectivity index (χ2n) is 3.89. The number of morpholine rings is 1. The van der Waals surface area contributed by atoms with Crippen LogP contribution in [-0.2, 0) is 11.3 Å². The van der Waals surface area contributed by atoms with Crippen molar-refractivity contribution in [2.45, 2.75) is 13.5 Å². The van der Waals surface area contributed by atoms with E-state index >= 15 is 0 Å². The minimum atomic E-state index is 0.820. The van der Waals surface area contributed by atoms with Gasteiger partial charge in [0, 0.05) is 38.1 Å². The van der Waals surface area contributed by atoms with Gasteiger partial charge < -0.3 is 14.3 Å². The summed E-state index contributed by atoms with van der Waals surface area (Å²) in [6.45, 7) is 7.84. The molecule has 1 N–H and O–H groups in total. The molecule has 15 heavy (non-hydrogen) atoms. The molecule has 1 aromatic heterocycles. The maximum absolute atomic E-state index is 5.30. The van der Waals surface area contributed by atoms with E-state index in [4.69, 9.17) is 17.0 Å². The molecule has 0 radical (unpaired) electrons. The average molecular weight is 227 g/mol. The van der Waals surface area contributed by atoms with E-state index in [0.717, 1.165) is 49.9 Å². The summed E-state index contributed by atoms with van der Waals surface area (Å²) < 4.78 is 8.22. The van der Waals surface area contributed by atoms with Crippen molar-refractivity contribution < 1.29 is 4.74 Å². The van der Waals surface area contributed by atoms with Gasteiger partial charge in [-0.25, -0.2) is 0 Å². The number of aromatic amines is 1. The Kier molecular flexibility index (Phi) is 3.56. The molecular weight excluding hydrogens is 210 g/mol. The Hall–Kier alpha value is -0.650. The van der Waals surface area contributed by atoms with E-state index in [1.165, 1.54) is 0 Å². The molecule has 0 saturated carbocycles. The van der Waals surface area contributed by atoms with Gasteiger partial charge in [-0.1, -0.05) is 0 Å². The van der Waals surface area contributed by atoms with Crippen molar-refractivity contribution in [3.05, 3.63) is 16.7 Å². The lowest BCUT2D eigenvalue weighted by Crippen LogP contribution is -2.38. The van der Waals surface area contributed by atoms with E-state index in [9.17, 15) is 0 Å². The van der Waals surface area contributed by atoms with Crippen molar-refractivity contribution in [2.75, 3.05) is 32.8 Å². The number of nitrogens with one attached hydrogen (secondary N) is 1. The molecule has 0 amide bonds. The van der Waals surface area contributed by atoms with Gasteiger partial charge in [0.2, 0.25) is 0 Å². The number of nitrogens with zero attached hydrogens (tertiary/aromatic N) is 2. The highest BCUT2D eigenvalue weighted by Gasteiger charge is 2.09. The first-order valence-electron chi connectivity index (χ1n) is 5.32. The van der Waals surface area contributed by atoms with Crippen LogP contribution in [0.1, 0.15) is 5.69 Å². The van der Waals surface area contributed by atoms with Gasteiger partial charge in [-0.3, -0.25) is 4.90 Å². The molecule has 1 aliphatic heterocycles. The fraction of sp³-hybridized carbons (Fsp3) is 0.700. The number of imidazole rings is 1. The second kappa shape index (κ2) is 4.92. The van der Waals surface area contributed by atoms with Gasteiger partial charge in [0.1, 0.15) is 0 Å². The normalized spacial score (nSPS) is 18.2. The summed E-state index contributed by atoms with van der Waals surface area (Å²) >= 11 is 5.20. The first-order valence-corrected chi connectivity index (χ1v) is 5.73. The van der Waals surface area contributed by atoms with Gasteiger partial charge in [-0.05, 0) is 19.1 Å². The molecule has 2 heterocycles. The van der Waals surface area contributed by atoms with Crippen LogP contribution in [0.3, 0.4) is 0 Å². The van der Waals surface area contributed by atoms with Crippen molar-refractivity contribution in [3.63, 3.8) is 0 Å². The van der Waals surface area contributed by atoms with Crippen LogP contribution < -0.4 is 0 Å². The molecule has 0 atom stereocenters. The molecule has 1 saturated heterocycles. The number of hydrogen-bond donors (Lipinski definition) is 1. The Morgan fingerprint density at radius 2 is 2.13 bits per heavy atom. The van der Waals surface area contributed by atoms with Gasteiger partial charge in [0.25, 0.3) is 0 Å². The topological polar surface area (TPSA) is 33.2 Å². The third-order valence-corrected chi connectivity index (χ3v) is 3.01. The molecule has 1 aliphatic rings. The predicted octanol–water partition coefficient (Wildman–Crippen LogP) is 1.19. The van der Waals surface area contributed by atoms with Crippen LogP contribution in [0.25, 0.3) is 0 Å². The minimum Gasteiger partial charge on any atom is -0.379 e. The van der Waals surface area contributed by atoms with Crippen LogP contribution in [0.15, 0.2) is 6.20 Å². The van der Waals surface area contributed by atoms with Crippen LogP contribution in [-0.4, -0.2) is 47.3 Å². The van der Waals surface area contributed by atoms with Crippen LogP contribution in [0, 0.1) is 11.7 Å². The summed E-state index contributed by atoms with van der Waals surface area (Å²) in [6, 6.07) is 0. The van der Waals surface area contributed by atoms with Crippen LogP contribution in [0.4, 0.5) is 0 Å². The molecule has 1 aromatic rings. The molecule has 4 nitrogen and oxygen atoms in total. The van der Waals surface area contributed by atoms with E-state index in [-0.39, 0.29) is 0 Å². The molecule has 0 spiro atoms. The van der Waals surface area contributed by atoms with Gasteiger partial charge in [0.15, 0.2) is 4.77 Å². The molecular formula is C10H17N3OS. The van der Waals surface area contributed by atoms with Crippen molar-refractivity contribution >= 4 is 12.2 Å². The lowest BCUT2D eigenvalue weighted by molar-refractivity contribution is 0.0363. The molecule has 0 unspecified atom stereocenters. The number of rotatable bonds is 3. The van der Waals surface area contributed by atoms with E-state index in [1.54, 1.807) is 0 Å². The third kappa shape index (κ3) is 2.90. The lowest BCUT2D eigenvalue weighted by Gasteiger charge is -2.26. The fourth-order valence-electron chi connectivity index (χ4n) is 1.81. The quantitative estimate of drug-likeness (QED) is 0.787. The maximum Gasteiger partial charge on any atom is 0.177 e. The summed E-state index contributed by atoms with van der Waals surface area (Å²) in [5.74, 6) is 0. The highest BCUT2D eigenvalue weighted by atomic mass is 32.1. The maximum atomic E-state index is 5.30. The number of H-pyrrole nitrogens is 1. The Labute approximate surface area is 94.9 Å². The van der Waals surface area contributed by atoms with Crippen LogP contribution >= 0.6 is 12.2 Å². The molecule has 1 fully saturated rings. The Morgan fingerprint density at radius 3 is 2.73 bits per heavy atom. The molecule has 2 rings (SSSR count). The third-order valence-electron chi connectivity index (χ3n) is 2.68. The largest absolute Gasteiger partial charge is 0.379 e. The lowest BCUT2D eigenvalue weighted by atomic mass is 10.4. The van der Waals surface area contributed by atoms with Crippen molar-refractivity contribution in [2.24, 2.45) is 0 Å². The van der Waals surface area contributed by atoms with Crippen LogP contribution in [0.2, 0.25) is 0 Å². The average Bonchev–Trinajstić information content (AvgIpc) is 2.56. The Balaban J connectivity index is 1.87. The monoisotopic (exact) mass is 227 g/mol. The highest BCUT2D eigenvalue weighted by molar-refractivity contribution is 7.71. The summed E-state index contributed by atoms with van der Waals surface area (Å²) in [5.41, 5.74) is 1.13. The Bertz CT molecular complexity index is 365. The number of hydrogen-bond acceptors (Lipinski definition) is 3. The molecule has 84 valence electrons. The number of aromatic nitrogens is 2. The van der Waals surface area contributed by atoms with Crippen molar-refractivity contribution in [1.82, 2.24) is 14.5 Å². The molecule has 0 bridgehead atoms. The summed E-state index contributed by atoms with van der Waals surface area (Å²) in [6.07, 6.45) is 2.07. The first-order chi connectivity index (χ1) is 7.25. The smallest absolute Gasteiger partial charge is 0.177 e. The zero-order chi connectivity index (χ0) is 10.7. The minimum absolute atomic E-state index is 0.820. The summed E-state index contributed by atoms with van der Waals surface area (Å²) in [7, 11) is 0. The van der Waals surface area contributed by atoms with Crippen molar-refractivity contribution in [3.8, 4) is 0 Å². The van der Waals surface area contributed by atoms with E-state index < -0.39 is 0 Å². The zero-order valence-corrected chi connectivity index (χ0v) is 9.85. The number of aryl methyl sites for hydroxylation is 1. The van der Waals surface area contributed by atoms with Crippen LogP contribution in [0.5, 0.6) is 0 Å². The molecule has 0 aromatic carbocycles. The zero-order valence-electron chi connectivity index (χ0n) is 9.03. The predicted molar refractivity (Wildman–Crippen MR) is 61.6 cm³/mol. The molecule has 0 aliphatic carbocycles. The van der Waals surface area contributed by atoms with Gasteiger partial charge in [-0.15, -0.1) is 0 Å². The van der Waals surface area contributed by atoms with E-state index in [2.05, 4.69) is 20.6 Å². The van der Waals surface area contributed by atoms with E-state index in [1.807, 2.05) is 6.92 Å². The fourth-order valence-corrected chi connectivity index (χ4v) is 2.11. The standard InChI is InChI=1S/C10H17N3OS/c1-9-8-13(10(15)11-9)3-2-12-4-6-14-7-5-12/h8H,2-7H2,1H3,(H,11,15). The number of ether oxygens (including phenoxy) is 1. The van der Waals surface area contributed by atoms with Crippen molar-refractivity contribution in [1.29, 1.82) is 0 Å². The van der Waals surface area contributed by atoms with Gasteiger partial charge in [-0.2, -0.15) is 0 Å². The summed E-state index contributed by atoms with van der Waals surface area (Å²) in [5, 5.41) is 0. The van der Waals surface area contributed by atoms with Gasteiger partial charge in [0.05, 0.1) is 13.2 Å². The Morgan fingerprint density at radius 1 is 1.40 bits per heavy atom. The highest BCUT2D eigenvalue weighted by Crippen LogP contribution is 2.00. The SMILES string of the molecule is Cc1cn(CCN2CCOCC2)c(=S)[nH]1. The first kappa shape index (κ1) is 10.9. The van der Waals surface area contributed by atoms with Gasteiger partial charge >= 0.3 is 0 Å². The summed E-state index contributed by atoms with van der Waals surface area (Å²) in [4.78, 5) is 5.54. The molecule has 5 heteroatoms.